The summed E-state index contributed by atoms with van der Waals surface area (Å²) in [6.07, 6.45) is 4.44. The lowest BCUT2D eigenvalue weighted by Crippen LogP contribution is -2.45. The molecule has 1 atom stereocenters. The normalized spacial score (nSPS) is 26.7. The Kier molecular flexibility index (Phi) is 4.78. The summed E-state index contributed by atoms with van der Waals surface area (Å²) in [6.45, 7) is 2.63. The van der Waals surface area contributed by atoms with Gasteiger partial charge in [0.2, 0.25) is 10.0 Å². The molecule has 6 heteroatoms. The highest BCUT2D eigenvalue weighted by molar-refractivity contribution is 7.89. The summed E-state index contributed by atoms with van der Waals surface area (Å²) < 4.78 is 31.5. The molecule has 0 aromatic carbocycles. The Morgan fingerprint density at radius 1 is 1.35 bits per heavy atom. The Morgan fingerprint density at radius 2 is 2.18 bits per heavy atom. The first-order chi connectivity index (χ1) is 8.16. The largest absolute Gasteiger partial charge is 0.374 e. The standard InChI is InChI=1S/C11H22N2O3S/c14-17(15,7-4-10-2-1-3-10)13-9-11-8-12-5-6-16-11/h10-13H,1-9H2. The lowest BCUT2D eigenvalue weighted by atomic mass is 9.84. The van der Waals surface area contributed by atoms with Crippen molar-refractivity contribution >= 4 is 10.0 Å². The van der Waals surface area contributed by atoms with E-state index < -0.39 is 10.0 Å². The molecule has 0 bridgehead atoms. The SMILES string of the molecule is O=S(=O)(CCC1CCC1)NCC1CNCCO1. The van der Waals surface area contributed by atoms with Crippen LogP contribution in [0.2, 0.25) is 0 Å². The predicted octanol–water partition coefficient (Wildman–Crippen LogP) is 0.0844. The molecule has 5 nitrogen and oxygen atoms in total. The number of rotatable bonds is 6. The van der Waals surface area contributed by atoms with Gasteiger partial charge in [0.05, 0.1) is 18.5 Å². The molecule has 0 aromatic rings. The highest BCUT2D eigenvalue weighted by atomic mass is 32.2. The Bertz CT molecular complexity index is 322. The lowest BCUT2D eigenvalue weighted by molar-refractivity contribution is 0.0324. The van der Waals surface area contributed by atoms with E-state index in [-0.39, 0.29) is 11.9 Å². The van der Waals surface area contributed by atoms with Crippen LogP contribution in [0.15, 0.2) is 0 Å². The topological polar surface area (TPSA) is 67.4 Å². The van der Waals surface area contributed by atoms with Gasteiger partial charge in [-0.1, -0.05) is 19.3 Å². The van der Waals surface area contributed by atoms with Gasteiger partial charge in [0.15, 0.2) is 0 Å². The van der Waals surface area contributed by atoms with Crippen LogP contribution in [-0.4, -0.2) is 46.5 Å². The van der Waals surface area contributed by atoms with Gasteiger partial charge < -0.3 is 10.1 Å². The summed E-state index contributed by atoms with van der Waals surface area (Å²) in [6, 6.07) is 0. The van der Waals surface area contributed by atoms with Gasteiger partial charge in [-0.2, -0.15) is 0 Å². The van der Waals surface area contributed by atoms with Crippen molar-refractivity contribution in [1.82, 2.24) is 10.0 Å². The molecule has 1 heterocycles. The smallest absolute Gasteiger partial charge is 0.211 e. The molecule has 2 fully saturated rings. The van der Waals surface area contributed by atoms with Gasteiger partial charge in [-0.05, 0) is 12.3 Å². The van der Waals surface area contributed by atoms with E-state index in [4.69, 9.17) is 4.74 Å². The summed E-state index contributed by atoms with van der Waals surface area (Å²) in [5.74, 6) is 0.900. The summed E-state index contributed by atoms with van der Waals surface area (Å²) in [5, 5.41) is 3.18. The summed E-state index contributed by atoms with van der Waals surface area (Å²) in [7, 11) is -3.11. The van der Waals surface area contributed by atoms with Gasteiger partial charge in [-0.25, -0.2) is 13.1 Å². The Labute approximate surface area is 103 Å². The third-order valence-corrected chi connectivity index (χ3v) is 4.93. The first-order valence-corrected chi connectivity index (χ1v) is 8.10. The van der Waals surface area contributed by atoms with E-state index in [0.717, 1.165) is 19.5 Å². The van der Waals surface area contributed by atoms with Crippen molar-refractivity contribution < 1.29 is 13.2 Å². The van der Waals surface area contributed by atoms with E-state index in [0.29, 0.717) is 19.1 Å². The number of sulfonamides is 1. The average Bonchev–Trinajstić information content (AvgIpc) is 2.26. The number of hydrogen-bond donors (Lipinski definition) is 2. The zero-order valence-corrected chi connectivity index (χ0v) is 11.0. The fraction of sp³-hybridized carbons (Fsp3) is 1.00. The van der Waals surface area contributed by atoms with Gasteiger partial charge in [0.25, 0.3) is 0 Å². The Morgan fingerprint density at radius 3 is 2.76 bits per heavy atom. The molecule has 2 N–H and O–H groups in total. The first-order valence-electron chi connectivity index (χ1n) is 6.45. The average molecular weight is 262 g/mol. The fourth-order valence-corrected chi connectivity index (χ4v) is 3.37. The molecule has 2 rings (SSSR count). The molecule has 0 amide bonds. The predicted molar refractivity (Wildman–Crippen MR) is 66.4 cm³/mol. The molecule has 1 aliphatic heterocycles. The highest BCUT2D eigenvalue weighted by Crippen LogP contribution is 2.29. The summed E-state index contributed by atoms with van der Waals surface area (Å²) in [5.41, 5.74) is 0. The number of hydrogen-bond acceptors (Lipinski definition) is 4. The molecule has 2 aliphatic rings. The van der Waals surface area contributed by atoms with Gasteiger partial charge in [0.1, 0.15) is 0 Å². The minimum atomic E-state index is -3.11. The molecule has 0 spiro atoms. The van der Waals surface area contributed by atoms with Crippen molar-refractivity contribution in [3.05, 3.63) is 0 Å². The van der Waals surface area contributed by atoms with Crippen LogP contribution in [0, 0.1) is 5.92 Å². The molecule has 0 radical (unpaired) electrons. The van der Waals surface area contributed by atoms with Crippen molar-refractivity contribution in [2.24, 2.45) is 5.92 Å². The highest BCUT2D eigenvalue weighted by Gasteiger charge is 2.22. The maximum absolute atomic E-state index is 11.7. The molecule has 1 aliphatic carbocycles. The van der Waals surface area contributed by atoms with Crippen LogP contribution < -0.4 is 10.0 Å². The van der Waals surface area contributed by atoms with Gasteiger partial charge in [-0.15, -0.1) is 0 Å². The molecule has 0 aromatic heterocycles. The van der Waals surface area contributed by atoms with Crippen molar-refractivity contribution in [1.29, 1.82) is 0 Å². The van der Waals surface area contributed by atoms with Crippen LogP contribution in [0.3, 0.4) is 0 Å². The minimum Gasteiger partial charge on any atom is -0.374 e. The van der Waals surface area contributed by atoms with Crippen LogP contribution in [0.1, 0.15) is 25.7 Å². The Hall–Kier alpha value is -0.170. The fourth-order valence-electron chi connectivity index (χ4n) is 2.15. The molecular formula is C11H22N2O3S. The van der Waals surface area contributed by atoms with Crippen molar-refractivity contribution in [2.75, 3.05) is 32.0 Å². The van der Waals surface area contributed by atoms with Crippen LogP contribution in [-0.2, 0) is 14.8 Å². The molecule has 100 valence electrons. The number of morpholine rings is 1. The molecule has 1 saturated carbocycles. The van der Waals surface area contributed by atoms with E-state index in [1.165, 1.54) is 19.3 Å². The monoisotopic (exact) mass is 262 g/mol. The van der Waals surface area contributed by atoms with E-state index >= 15 is 0 Å². The van der Waals surface area contributed by atoms with E-state index in [1.54, 1.807) is 0 Å². The van der Waals surface area contributed by atoms with Crippen LogP contribution in [0.25, 0.3) is 0 Å². The maximum atomic E-state index is 11.7. The molecule has 1 unspecified atom stereocenters. The van der Waals surface area contributed by atoms with Crippen molar-refractivity contribution in [3.8, 4) is 0 Å². The maximum Gasteiger partial charge on any atom is 0.211 e. The van der Waals surface area contributed by atoms with E-state index in [9.17, 15) is 8.42 Å². The number of ether oxygens (including phenoxy) is 1. The van der Waals surface area contributed by atoms with Gasteiger partial charge >= 0.3 is 0 Å². The van der Waals surface area contributed by atoms with Gasteiger partial charge in [0, 0.05) is 19.6 Å². The second-order valence-electron chi connectivity index (χ2n) is 4.95. The lowest BCUT2D eigenvalue weighted by Gasteiger charge is -2.26. The minimum absolute atomic E-state index is 0.0257. The second kappa shape index (κ2) is 6.13. The molecule has 17 heavy (non-hydrogen) atoms. The quantitative estimate of drug-likeness (QED) is 0.711. The zero-order chi connectivity index (χ0) is 12.1. The second-order valence-corrected chi connectivity index (χ2v) is 6.88. The van der Waals surface area contributed by atoms with Crippen molar-refractivity contribution in [3.63, 3.8) is 0 Å². The third-order valence-electron chi connectivity index (χ3n) is 3.55. The van der Waals surface area contributed by atoms with Crippen LogP contribution in [0.4, 0.5) is 0 Å². The van der Waals surface area contributed by atoms with E-state index in [1.807, 2.05) is 0 Å². The van der Waals surface area contributed by atoms with Crippen LogP contribution >= 0.6 is 0 Å². The molecule has 1 saturated heterocycles. The van der Waals surface area contributed by atoms with Gasteiger partial charge in [-0.3, -0.25) is 0 Å². The first kappa shape index (κ1) is 13.3. The zero-order valence-electron chi connectivity index (χ0n) is 10.2. The number of nitrogens with one attached hydrogen (secondary N) is 2. The van der Waals surface area contributed by atoms with Crippen LogP contribution in [0.5, 0.6) is 0 Å². The third kappa shape index (κ3) is 4.54. The summed E-state index contributed by atoms with van der Waals surface area (Å²) >= 11 is 0. The van der Waals surface area contributed by atoms with E-state index in [2.05, 4.69) is 10.0 Å². The Balaban J connectivity index is 1.64. The van der Waals surface area contributed by atoms with Crippen molar-refractivity contribution in [2.45, 2.75) is 31.8 Å². The summed E-state index contributed by atoms with van der Waals surface area (Å²) in [4.78, 5) is 0. The molecular weight excluding hydrogens is 240 g/mol.